The van der Waals surface area contributed by atoms with Crippen molar-refractivity contribution in [3.8, 4) is 0 Å². The Kier molecular flexibility index (Phi) is 12.0. The Morgan fingerprint density at radius 2 is 1.47 bits per heavy atom. The Morgan fingerprint density at radius 1 is 0.900 bits per heavy atom. The van der Waals surface area contributed by atoms with Gasteiger partial charge in [-0.05, 0) is 64.8 Å². The van der Waals surface area contributed by atoms with Gasteiger partial charge in [0.25, 0.3) is 0 Å². The van der Waals surface area contributed by atoms with E-state index in [4.69, 9.17) is 9.47 Å². The van der Waals surface area contributed by atoms with E-state index in [9.17, 15) is 14.4 Å². The van der Waals surface area contributed by atoms with E-state index < -0.39 is 17.7 Å². The maximum Gasteiger partial charge on any atom is 0.411 e. The van der Waals surface area contributed by atoms with Crippen LogP contribution >= 0.6 is 0 Å². The largest absolute Gasteiger partial charge is 0.468 e. The van der Waals surface area contributed by atoms with Gasteiger partial charge in [-0.1, -0.05) is 21.3 Å². The molecule has 0 aromatic carbocycles. The maximum atomic E-state index is 12.1. The minimum Gasteiger partial charge on any atom is -0.468 e. The van der Waals surface area contributed by atoms with Gasteiger partial charge in [-0.3, -0.25) is 9.69 Å². The molecule has 0 unspecified atom stereocenters. The molecule has 0 aromatic rings. The third-order valence-electron chi connectivity index (χ3n) is 5.07. The number of carbonyl (C=O) groups excluding carboxylic acids is 3. The minimum absolute atomic E-state index is 0. The summed E-state index contributed by atoms with van der Waals surface area (Å²) >= 11 is 0. The van der Waals surface area contributed by atoms with Gasteiger partial charge >= 0.3 is 18.0 Å². The molecule has 2 rings (SSSR count). The highest BCUT2D eigenvalue weighted by atomic mass is 16.6. The Balaban J connectivity index is 0.000000603. The van der Waals surface area contributed by atoms with E-state index in [0.717, 1.165) is 25.8 Å². The van der Waals surface area contributed by atoms with E-state index in [1.165, 1.54) is 19.1 Å². The normalized spacial score (nSPS) is 26.3. The van der Waals surface area contributed by atoms with Gasteiger partial charge in [0, 0.05) is 6.54 Å². The van der Waals surface area contributed by atoms with E-state index in [1.807, 2.05) is 20.8 Å². The monoisotopic (exact) mass is 430 g/mol. The van der Waals surface area contributed by atoms with Gasteiger partial charge in [0.15, 0.2) is 0 Å². The molecule has 4 atom stereocenters. The zero-order valence-corrected chi connectivity index (χ0v) is 18.9. The third-order valence-corrected chi connectivity index (χ3v) is 5.07. The fraction of sp³-hybridized carbons (Fsp3) is 0.864. The topological polar surface area (TPSA) is 94.2 Å². The number of amides is 1. The number of carbonyl (C=O) groups is 3. The quantitative estimate of drug-likeness (QED) is 0.530. The molecule has 1 N–H and O–H groups in total. The van der Waals surface area contributed by atoms with E-state index in [-0.39, 0.29) is 25.4 Å². The van der Waals surface area contributed by atoms with E-state index in [0.29, 0.717) is 24.8 Å². The number of nitrogens with one attached hydrogen (secondary N) is 1. The molecule has 0 aliphatic carbocycles. The lowest BCUT2D eigenvalue weighted by Crippen LogP contribution is -2.52. The number of nitrogens with zero attached hydrogens (tertiary/aromatic N) is 1. The van der Waals surface area contributed by atoms with Gasteiger partial charge in [0.05, 0.1) is 14.2 Å². The zero-order chi connectivity index (χ0) is 22.2. The molecule has 1 amide bonds. The Hall–Kier alpha value is -1.83. The van der Waals surface area contributed by atoms with Crippen molar-refractivity contribution in [2.75, 3.05) is 27.3 Å². The van der Waals surface area contributed by atoms with Crippen LogP contribution < -0.4 is 5.32 Å². The molecule has 2 aliphatic rings. The molecule has 0 aromatic heterocycles. The van der Waals surface area contributed by atoms with Crippen molar-refractivity contribution < 1.29 is 28.6 Å². The summed E-state index contributed by atoms with van der Waals surface area (Å²) in [5.41, 5.74) is -0.557. The molecule has 30 heavy (non-hydrogen) atoms. The summed E-state index contributed by atoms with van der Waals surface area (Å²) in [6, 6.07) is -0.572. The van der Waals surface area contributed by atoms with Crippen LogP contribution in [0.5, 0.6) is 0 Å². The maximum absolute atomic E-state index is 12.1. The van der Waals surface area contributed by atoms with Crippen molar-refractivity contribution in [1.82, 2.24) is 10.2 Å². The van der Waals surface area contributed by atoms with Crippen LogP contribution in [0.15, 0.2) is 0 Å². The molecule has 2 aliphatic heterocycles. The first-order valence-electron chi connectivity index (χ1n) is 10.4. The van der Waals surface area contributed by atoms with E-state index in [1.54, 1.807) is 0 Å². The fourth-order valence-corrected chi connectivity index (χ4v) is 3.40. The number of hydrogen-bond acceptors (Lipinski definition) is 7. The summed E-state index contributed by atoms with van der Waals surface area (Å²) in [6.45, 7) is 11.1. The number of rotatable bonds is 2. The molecule has 8 nitrogen and oxygen atoms in total. The third kappa shape index (κ3) is 9.32. The van der Waals surface area contributed by atoms with Crippen molar-refractivity contribution in [3.05, 3.63) is 0 Å². The second-order valence-electron chi connectivity index (χ2n) is 9.02. The fourth-order valence-electron chi connectivity index (χ4n) is 3.40. The van der Waals surface area contributed by atoms with Crippen LogP contribution in [0.1, 0.15) is 67.7 Å². The summed E-state index contributed by atoms with van der Waals surface area (Å²) in [6.07, 6.45) is 3.14. The average Bonchev–Trinajstić information content (AvgIpc) is 2.66. The van der Waals surface area contributed by atoms with Crippen molar-refractivity contribution in [2.24, 2.45) is 11.8 Å². The van der Waals surface area contributed by atoms with Gasteiger partial charge in [-0.15, -0.1) is 0 Å². The Labute approximate surface area is 182 Å². The summed E-state index contributed by atoms with van der Waals surface area (Å²) in [5.74, 6) is 0.569. The standard InChI is InChI=1S/C13H23NO4.C8H15NO2.CH4/c1-9-6-7-10(11(15)17-5)14(8-9)12(16)18-13(2,3)4;1-6-3-4-7(9-5-6)8(10)11-2;/h9-10H,6-8H2,1-5H3;6-7,9H,3-5H2,1-2H3;1H4/t9-,10+;6-,7+;/m11./s1. The molecule has 176 valence electrons. The lowest BCUT2D eigenvalue weighted by molar-refractivity contribution is -0.148. The number of methoxy groups -OCH3 is 2. The molecule has 0 saturated carbocycles. The molecule has 2 saturated heterocycles. The number of likely N-dealkylation sites (tertiary alicyclic amines) is 1. The lowest BCUT2D eigenvalue weighted by atomic mass is 9.94. The van der Waals surface area contributed by atoms with Gasteiger partial charge in [0.2, 0.25) is 0 Å². The van der Waals surface area contributed by atoms with Gasteiger partial charge in [-0.25, -0.2) is 9.59 Å². The van der Waals surface area contributed by atoms with Crippen molar-refractivity contribution in [2.45, 2.75) is 85.4 Å². The van der Waals surface area contributed by atoms with Crippen molar-refractivity contribution in [3.63, 3.8) is 0 Å². The number of hydrogen-bond donors (Lipinski definition) is 1. The number of ether oxygens (including phenoxy) is 3. The average molecular weight is 431 g/mol. The van der Waals surface area contributed by atoms with Gasteiger partial charge in [0.1, 0.15) is 17.7 Å². The highest BCUT2D eigenvalue weighted by Gasteiger charge is 2.37. The molecular formula is C22H42N2O6. The molecular weight excluding hydrogens is 388 g/mol. The molecule has 0 bridgehead atoms. The first kappa shape index (κ1) is 28.2. The van der Waals surface area contributed by atoms with Crippen LogP contribution in [0.25, 0.3) is 0 Å². The van der Waals surface area contributed by atoms with Crippen LogP contribution in [-0.2, 0) is 23.8 Å². The smallest absolute Gasteiger partial charge is 0.411 e. The minimum atomic E-state index is -0.557. The predicted molar refractivity (Wildman–Crippen MR) is 116 cm³/mol. The van der Waals surface area contributed by atoms with E-state index >= 15 is 0 Å². The van der Waals surface area contributed by atoms with Crippen LogP contribution in [0.2, 0.25) is 0 Å². The molecule has 2 heterocycles. The van der Waals surface area contributed by atoms with Gasteiger partial charge in [-0.2, -0.15) is 0 Å². The summed E-state index contributed by atoms with van der Waals surface area (Å²) in [7, 11) is 2.77. The second-order valence-corrected chi connectivity index (χ2v) is 9.02. The molecule has 0 radical (unpaired) electrons. The number of esters is 2. The molecule has 0 spiro atoms. The first-order valence-corrected chi connectivity index (χ1v) is 10.4. The van der Waals surface area contributed by atoms with Gasteiger partial charge < -0.3 is 19.5 Å². The van der Waals surface area contributed by atoms with Crippen LogP contribution in [-0.4, -0.2) is 67.9 Å². The zero-order valence-electron chi connectivity index (χ0n) is 18.9. The highest BCUT2D eigenvalue weighted by molar-refractivity contribution is 5.81. The summed E-state index contributed by atoms with van der Waals surface area (Å²) in [5, 5.41) is 3.14. The Bertz CT molecular complexity index is 552. The van der Waals surface area contributed by atoms with Crippen LogP contribution in [0.3, 0.4) is 0 Å². The summed E-state index contributed by atoms with van der Waals surface area (Å²) < 4.78 is 14.7. The Morgan fingerprint density at radius 3 is 1.93 bits per heavy atom. The van der Waals surface area contributed by atoms with Crippen LogP contribution in [0, 0.1) is 11.8 Å². The first-order chi connectivity index (χ1) is 13.5. The lowest BCUT2D eigenvalue weighted by Gasteiger charge is -2.37. The molecule has 2 fully saturated rings. The van der Waals surface area contributed by atoms with E-state index in [2.05, 4.69) is 23.9 Å². The highest BCUT2D eigenvalue weighted by Crippen LogP contribution is 2.24. The SMILES string of the molecule is C.COC(=O)[C@@H]1CC[C@@H](C)CN1.COC(=O)[C@@H]1CC[C@@H](C)CN1C(=O)OC(C)(C)C. The van der Waals surface area contributed by atoms with Crippen molar-refractivity contribution >= 4 is 18.0 Å². The summed E-state index contributed by atoms with van der Waals surface area (Å²) in [4.78, 5) is 36.2. The second kappa shape index (κ2) is 12.8. The predicted octanol–water partition coefficient (Wildman–Crippen LogP) is 3.38. The number of piperidine rings is 2. The van der Waals surface area contributed by atoms with Crippen molar-refractivity contribution in [1.29, 1.82) is 0 Å². The molecule has 8 heteroatoms. The van der Waals surface area contributed by atoms with Crippen LogP contribution in [0.4, 0.5) is 4.79 Å².